The van der Waals surface area contributed by atoms with Crippen molar-refractivity contribution in [2.24, 2.45) is 0 Å². The van der Waals surface area contributed by atoms with Crippen LogP contribution in [0.2, 0.25) is 0 Å². The van der Waals surface area contributed by atoms with Crippen LogP contribution in [-0.2, 0) is 20.0 Å². The number of nitrogens with one attached hydrogen (secondary N) is 2. The number of carboxylic acids is 1. The minimum absolute atomic E-state index is 0.204. The van der Waals surface area contributed by atoms with Crippen molar-refractivity contribution >= 4 is 26.0 Å². The van der Waals surface area contributed by atoms with E-state index in [1.807, 2.05) is 4.72 Å². The van der Waals surface area contributed by atoms with Gasteiger partial charge in [0, 0.05) is 13.1 Å². The van der Waals surface area contributed by atoms with Crippen molar-refractivity contribution in [2.45, 2.75) is 12.0 Å². The zero-order valence-corrected chi connectivity index (χ0v) is 12.1. The van der Waals surface area contributed by atoms with Crippen LogP contribution in [0.4, 0.5) is 0 Å². The Kier molecular flexibility index (Phi) is 5.28. The van der Waals surface area contributed by atoms with E-state index in [1.54, 1.807) is 6.92 Å². The van der Waals surface area contributed by atoms with Crippen LogP contribution in [-0.4, -0.2) is 46.8 Å². The van der Waals surface area contributed by atoms with Crippen LogP contribution in [0.5, 0.6) is 0 Å². The molecule has 0 radical (unpaired) electrons. The Bertz CT molecular complexity index is 675. The van der Waals surface area contributed by atoms with Gasteiger partial charge in [0.25, 0.3) is 10.0 Å². The first kappa shape index (κ1) is 16.6. The Labute approximate surface area is 116 Å². The maximum atomic E-state index is 11.7. The molecule has 3 N–H and O–H groups in total. The van der Waals surface area contributed by atoms with Gasteiger partial charge >= 0.3 is 5.97 Å². The quantitative estimate of drug-likeness (QED) is 0.567. The van der Waals surface area contributed by atoms with Crippen LogP contribution in [0.3, 0.4) is 0 Å². The van der Waals surface area contributed by atoms with Gasteiger partial charge in [-0.2, -0.15) is 0 Å². The second-order valence-corrected chi connectivity index (χ2v) is 7.26. The smallest absolute Gasteiger partial charge is 0.371 e. The molecule has 0 aromatic carbocycles. The summed E-state index contributed by atoms with van der Waals surface area (Å²) < 4.78 is 54.8. The Morgan fingerprint density at radius 1 is 1.25 bits per heavy atom. The minimum Gasteiger partial charge on any atom is -0.475 e. The second-order valence-electron chi connectivity index (χ2n) is 3.64. The first-order chi connectivity index (χ1) is 9.18. The molecular weight excluding hydrogens is 312 g/mol. The van der Waals surface area contributed by atoms with Crippen molar-refractivity contribution in [1.82, 2.24) is 9.44 Å². The van der Waals surface area contributed by atoms with Crippen LogP contribution >= 0.6 is 0 Å². The van der Waals surface area contributed by atoms with E-state index >= 15 is 0 Å². The van der Waals surface area contributed by atoms with Gasteiger partial charge in [0.2, 0.25) is 20.9 Å². The standard InChI is InChI=1S/C9H14N2O7S2/c1-2-10-19(14,15)6-5-11-20(16,17)8-4-3-7(18-8)9(12)13/h3-4,10-11H,2,5-6H2,1H3,(H,12,13). The summed E-state index contributed by atoms with van der Waals surface area (Å²) >= 11 is 0. The molecule has 0 unspecified atom stereocenters. The van der Waals surface area contributed by atoms with E-state index in [4.69, 9.17) is 5.11 Å². The summed E-state index contributed by atoms with van der Waals surface area (Å²) in [5.41, 5.74) is 0. The summed E-state index contributed by atoms with van der Waals surface area (Å²) in [6.45, 7) is 1.44. The van der Waals surface area contributed by atoms with E-state index in [9.17, 15) is 21.6 Å². The molecular formula is C9H14N2O7S2. The molecule has 1 rings (SSSR count). The van der Waals surface area contributed by atoms with Gasteiger partial charge in [0.05, 0.1) is 5.75 Å². The van der Waals surface area contributed by atoms with Crippen molar-refractivity contribution < 1.29 is 31.2 Å². The average Bonchev–Trinajstić information content (AvgIpc) is 2.77. The third-order valence-corrected chi connectivity index (χ3v) is 4.89. The van der Waals surface area contributed by atoms with Gasteiger partial charge in [-0.25, -0.2) is 31.1 Å². The number of carbonyl (C=O) groups is 1. The van der Waals surface area contributed by atoms with Crippen LogP contribution in [0.15, 0.2) is 21.6 Å². The molecule has 0 aliphatic rings. The normalized spacial score (nSPS) is 12.4. The molecule has 0 saturated carbocycles. The van der Waals surface area contributed by atoms with Gasteiger partial charge < -0.3 is 9.52 Å². The van der Waals surface area contributed by atoms with Gasteiger partial charge in [0.15, 0.2) is 0 Å². The second kappa shape index (κ2) is 6.35. The predicted molar refractivity (Wildman–Crippen MR) is 68.3 cm³/mol. The first-order valence-corrected chi connectivity index (χ1v) is 8.61. The number of sulfonamides is 2. The number of carboxylic acid groups (broad SMARTS) is 1. The molecule has 0 bridgehead atoms. The molecule has 9 nitrogen and oxygen atoms in total. The van der Waals surface area contributed by atoms with Crippen molar-refractivity contribution in [3.05, 3.63) is 17.9 Å². The zero-order valence-electron chi connectivity index (χ0n) is 10.5. The lowest BCUT2D eigenvalue weighted by atomic mass is 10.5. The van der Waals surface area contributed by atoms with Crippen molar-refractivity contribution in [3.63, 3.8) is 0 Å². The van der Waals surface area contributed by atoms with Crippen LogP contribution in [0.25, 0.3) is 0 Å². The van der Waals surface area contributed by atoms with Crippen LogP contribution in [0, 0.1) is 0 Å². The number of aromatic carboxylic acids is 1. The molecule has 11 heteroatoms. The highest BCUT2D eigenvalue weighted by atomic mass is 32.2. The van der Waals surface area contributed by atoms with Gasteiger partial charge in [-0.15, -0.1) is 0 Å². The van der Waals surface area contributed by atoms with Crippen molar-refractivity contribution in [3.8, 4) is 0 Å². The van der Waals surface area contributed by atoms with Gasteiger partial charge in [0.1, 0.15) is 0 Å². The van der Waals surface area contributed by atoms with Gasteiger partial charge in [-0.05, 0) is 12.1 Å². The Balaban J connectivity index is 2.68. The molecule has 0 aliphatic heterocycles. The molecule has 0 spiro atoms. The summed E-state index contributed by atoms with van der Waals surface area (Å²) in [4.78, 5) is 10.6. The van der Waals surface area contributed by atoms with E-state index in [0.29, 0.717) is 0 Å². The fourth-order valence-electron chi connectivity index (χ4n) is 1.25. The van der Waals surface area contributed by atoms with E-state index in [0.717, 1.165) is 12.1 Å². The maximum Gasteiger partial charge on any atom is 0.371 e. The Morgan fingerprint density at radius 2 is 1.90 bits per heavy atom. The van der Waals surface area contributed by atoms with E-state index in [-0.39, 0.29) is 13.1 Å². The number of hydrogen-bond donors (Lipinski definition) is 3. The summed E-state index contributed by atoms with van der Waals surface area (Å²) in [6.07, 6.45) is 0. The van der Waals surface area contributed by atoms with Gasteiger partial charge in [-0.1, -0.05) is 6.92 Å². The zero-order chi connectivity index (χ0) is 15.4. The highest BCUT2D eigenvalue weighted by Gasteiger charge is 2.21. The monoisotopic (exact) mass is 326 g/mol. The number of hydrogen-bond acceptors (Lipinski definition) is 6. The van der Waals surface area contributed by atoms with Crippen LogP contribution in [0.1, 0.15) is 17.5 Å². The van der Waals surface area contributed by atoms with Crippen LogP contribution < -0.4 is 9.44 Å². The predicted octanol–water partition coefficient (Wildman–Crippen LogP) is -0.805. The third-order valence-electron chi connectivity index (χ3n) is 2.08. The van der Waals surface area contributed by atoms with E-state index in [2.05, 4.69) is 9.14 Å². The van der Waals surface area contributed by atoms with Gasteiger partial charge in [-0.3, -0.25) is 0 Å². The lowest BCUT2D eigenvalue weighted by Crippen LogP contribution is -2.34. The molecule has 20 heavy (non-hydrogen) atoms. The highest BCUT2D eigenvalue weighted by Crippen LogP contribution is 2.13. The summed E-state index contributed by atoms with van der Waals surface area (Å²) in [5, 5.41) is 8.02. The first-order valence-electron chi connectivity index (χ1n) is 5.48. The Hall–Kier alpha value is -1.43. The fourth-order valence-corrected chi connectivity index (χ4v) is 3.30. The average molecular weight is 326 g/mol. The summed E-state index contributed by atoms with van der Waals surface area (Å²) in [6, 6.07) is 1.97. The molecule has 0 fully saturated rings. The SMILES string of the molecule is CCNS(=O)(=O)CCNS(=O)(=O)c1ccc(C(=O)O)o1. The molecule has 0 aliphatic carbocycles. The summed E-state index contributed by atoms with van der Waals surface area (Å²) in [7, 11) is -7.63. The van der Waals surface area contributed by atoms with E-state index in [1.165, 1.54) is 0 Å². The largest absolute Gasteiger partial charge is 0.475 e. The topological polar surface area (TPSA) is 143 Å². The van der Waals surface area contributed by atoms with Crippen molar-refractivity contribution in [1.29, 1.82) is 0 Å². The molecule has 0 amide bonds. The van der Waals surface area contributed by atoms with Crippen molar-refractivity contribution in [2.75, 3.05) is 18.8 Å². The van der Waals surface area contributed by atoms with E-state index < -0.39 is 42.6 Å². The lowest BCUT2D eigenvalue weighted by Gasteiger charge is -2.05. The highest BCUT2D eigenvalue weighted by molar-refractivity contribution is 7.90. The molecule has 114 valence electrons. The molecule has 1 heterocycles. The third kappa shape index (κ3) is 4.59. The Morgan fingerprint density at radius 3 is 2.40 bits per heavy atom. The molecule has 1 aromatic rings. The number of rotatable bonds is 8. The maximum absolute atomic E-state index is 11.7. The number of furan rings is 1. The molecule has 0 saturated heterocycles. The molecule has 0 atom stereocenters. The minimum atomic E-state index is -4.08. The summed E-state index contributed by atoms with van der Waals surface area (Å²) in [5.74, 6) is -2.36. The molecule has 1 aromatic heterocycles. The fraction of sp³-hybridized carbons (Fsp3) is 0.444. The lowest BCUT2D eigenvalue weighted by molar-refractivity contribution is 0.0656.